The number of benzene rings is 1. The molecule has 1 fully saturated rings. The Morgan fingerprint density at radius 3 is 2.47 bits per heavy atom. The second-order valence-electron chi connectivity index (χ2n) is 3.74. The number of carbonyl (C=O) groups excluding carboxylic acids is 2. The lowest BCUT2D eigenvalue weighted by molar-refractivity contribution is -0.140. The Labute approximate surface area is 128 Å². The van der Waals surface area contributed by atoms with Gasteiger partial charge in [0.25, 0.3) is 0 Å². The first-order chi connectivity index (χ1) is 8.97. The molecule has 0 radical (unpaired) electrons. The van der Waals surface area contributed by atoms with Gasteiger partial charge in [0.15, 0.2) is 5.75 Å². The van der Waals surface area contributed by atoms with Crippen LogP contribution in [0.2, 0.25) is 15.1 Å². The maximum Gasteiger partial charge on any atom is 0.331 e. The molecule has 0 aromatic heterocycles. The molecule has 0 unspecified atom stereocenters. The number of halogens is 3. The van der Waals surface area contributed by atoms with E-state index in [0.29, 0.717) is 16.7 Å². The molecule has 0 N–H and O–H groups in total. The van der Waals surface area contributed by atoms with Crippen molar-refractivity contribution in [1.82, 2.24) is 4.90 Å². The Morgan fingerprint density at radius 2 is 1.95 bits per heavy atom. The molecule has 2 rings (SSSR count). The molecule has 1 saturated heterocycles. The summed E-state index contributed by atoms with van der Waals surface area (Å²) in [6.45, 7) is -0.124. The van der Waals surface area contributed by atoms with Crippen molar-refractivity contribution in [3.63, 3.8) is 0 Å². The second-order valence-corrected chi connectivity index (χ2v) is 5.95. The Hall–Kier alpha value is -0.620. The van der Waals surface area contributed by atoms with Gasteiger partial charge in [0.1, 0.15) is 6.54 Å². The van der Waals surface area contributed by atoms with E-state index in [1.807, 2.05) is 0 Å². The molecular weight excluding hydrogens is 333 g/mol. The number of ether oxygens (including phenoxy) is 1. The molecule has 4 nitrogen and oxygen atoms in total. The summed E-state index contributed by atoms with van der Waals surface area (Å²) in [5, 5.41) is 0.641. The first-order valence-corrected chi connectivity index (χ1v) is 7.47. The molecule has 1 aliphatic rings. The molecular formula is C11H8Cl3NO3S. The highest BCUT2D eigenvalue weighted by atomic mass is 35.5. The minimum absolute atomic E-state index is 0.0528. The predicted octanol–water partition coefficient (Wildman–Crippen LogP) is 3.09. The minimum Gasteiger partial charge on any atom is -0.422 e. The lowest BCUT2D eigenvalue weighted by Gasteiger charge is -2.14. The third kappa shape index (κ3) is 3.69. The molecule has 0 atom stereocenters. The predicted molar refractivity (Wildman–Crippen MR) is 76.1 cm³/mol. The van der Waals surface area contributed by atoms with Crippen molar-refractivity contribution in [2.45, 2.75) is 0 Å². The van der Waals surface area contributed by atoms with Gasteiger partial charge < -0.3 is 9.64 Å². The van der Waals surface area contributed by atoms with Gasteiger partial charge in [0, 0.05) is 5.02 Å². The van der Waals surface area contributed by atoms with Crippen LogP contribution in [-0.2, 0) is 9.59 Å². The van der Waals surface area contributed by atoms with Crippen LogP contribution in [-0.4, -0.2) is 35.0 Å². The number of thioether (sulfide) groups is 1. The van der Waals surface area contributed by atoms with E-state index >= 15 is 0 Å². The Morgan fingerprint density at radius 1 is 1.32 bits per heavy atom. The van der Waals surface area contributed by atoms with Crippen LogP contribution >= 0.6 is 46.6 Å². The summed E-state index contributed by atoms with van der Waals surface area (Å²) in [4.78, 5) is 24.5. The average molecular weight is 341 g/mol. The fourth-order valence-corrected chi connectivity index (χ4v) is 3.27. The number of hydrogen-bond acceptors (Lipinski definition) is 4. The first-order valence-electron chi connectivity index (χ1n) is 5.18. The summed E-state index contributed by atoms with van der Waals surface area (Å²) < 4.78 is 5.08. The summed E-state index contributed by atoms with van der Waals surface area (Å²) in [7, 11) is 0. The molecule has 1 amide bonds. The zero-order valence-electron chi connectivity index (χ0n) is 9.49. The molecule has 19 heavy (non-hydrogen) atoms. The molecule has 102 valence electrons. The molecule has 1 heterocycles. The molecule has 1 aliphatic heterocycles. The van der Waals surface area contributed by atoms with Crippen LogP contribution in [0, 0.1) is 0 Å². The summed E-state index contributed by atoms with van der Waals surface area (Å²) in [5.41, 5.74) is 0. The first kappa shape index (κ1) is 14.8. The van der Waals surface area contributed by atoms with Crippen molar-refractivity contribution >= 4 is 58.4 Å². The van der Waals surface area contributed by atoms with Crippen LogP contribution in [0.5, 0.6) is 5.75 Å². The number of carbonyl (C=O) groups is 2. The van der Waals surface area contributed by atoms with Crippen molar-refractivity contribution in [1.29, 1.82) is 0 Å². The number of nitrogens with zero attached hydrogens (tertiary/aromatic N) is 1. The third-order valence-electron chi connectivity index (χ3n) is 2.32. The normalized spacial score (nSPS) is 14.9. The average Bonchev–Trinajstić information content (AvgIpc) is 2.69. The highest BCUT2D eigenvalue weighted by Crippen LogP contribution is 2.35. The standard InChI is InChI=1S/C11H8Cl3NO3S/c12-6-1-7(13)11(8(14)2-6)18-10(17)3-15-5-19-4-9(15)16/h1-2H,3-5H2. The maximum atomic E-state index is 11.7. The Bertz CT molecular complexity index is 515. The molecule has 1 aromatic rings. The largest absolute Gasteiger partial charge is 0.422 e. The van der Waals surface area contributed by atoms with Gasteiger partial charge in [-0.2, -0.15) is 0 Å². The van der Waals surface area contributed by atoms with E-state index in [0.717, 1.165) is 0 Å². The van der Waals surface area contributed by atoms with Crippen LogP contribution in [0.25, 0.3) is 0 Å². The number of rotatable bonds is 3. The van der Waals surface area contributed by atoms with Gasteiger partial charge in [-0.05, 0) is 12.1 Å². The van der Waals surface area contributed by atoms with Crippen molar-refractivity contribution in [2.75, 3.05) is 18.2 Å². The van der Waals surface area contributed by atoms with E-state index in [-0.39, 0.29) is 28.2 Å². The highest BCUT2D eigenvalue weighted by molar-refractivity contribution is 8.00. The summed E-state index contributed by atoms with van der Waals surface area (Å²) in [5.74, 6) is 0.236. The van der Waals surface area contributed by atoms with E-state index in [4.69, 9.17) is 39.5 Å². The second kappa shape index (κ2) is 6.22. The number of amides is 1. The van der Waals surface area contributed by atoms with Crippen LogP contribution in [0.3, 0.4) is 0 Å². The maximum absolute atomic E-state index is 11.7. The molecule has 8 heteroatoms. The van der Waals surface area contributed by atoms with Gasteiger partial charge >= 0.3 is 5.97 Å². The molecule has 0 bridgehead atoms. The highest BCUT2D eigenvalue weighted by Gasteiger charge is 2.24. The third-order valence-corrected chi connectivity index (χ3v) is 4.05. The van der Waals surface area contributed by atoms with E-state index in [1.165, 1.54) is 28.8 Å². The van der Waals surface area contributed by atoms with Gasteiger partial charge in [-0.15, -0.1) is 11.8 Å². The zero-order valence-corrected chi connectivity index (χ0v) is 12.6. The lowest BCUT2D eigenvalue weighted by atomic mass is 10.3. The quantitative estimate of drug-likeness (QED) is 0.626. The van der Waals surface area contributed by atoms with Gasteiger partial charge in [0.05, 0.1) is 21.7 Å². The Kier molecular flexibility index (Phi) is 4.84. The van der Waals surface area contributed by atoms with Gasteiger partial charge in [-0.3, -0.25) is 4.79 Å². The van der Waals surface area contributed by atoms with Crippen molar-refractivity contribution in [3.8, 4) is 5.75 Å². The number of hydrogen-bond donors (Lipinski definition) is 0. The van der Waals surface area contributed by atoms with Gasteiger partial charge in [0.2, 0.25) is 5.91 Å². The van der Waals surface area contributed by atoms with Crippen LogP contribution in [0.4, 0.5) is 0 Å². The summed E-state index contributed by atoms with van der Waals surface area (Å²) >= 11 is 19.0. The van der Waals surface area contributed by atoms with E-state index in [1.54, 1.807) is 0 Å². The summed E-state index contributed by atoms with van der Waals surface area (Å²) in [6, 6.07) is 2.85. The van der Waals surface area contributed by atoms with Crippen molar-refractivity contribution < 1.29 is 14.3 Å². The molecule has 0 spiro atoms. The van der Waals surface area contributed by atoms with E-state index in [2.05, 4.69) is 0 Å². The fraction of sp³-hybridized carbons (Fsp3) is 0.273. The monoisotopic (exact) mass is 339 g/mol. The van der Waals surface area contributed by atoms with Gasteiger partial charge in [-0.1, -0.05) is 34.8 Å². The van der Waals surface area contributed by atoms with Crippen LogP contribution < -0.4 is 4.74 Å². The van der Waals surface area contributed by atoms with Crippen LogP contribution in [0.1, 0.15) is 0 Å². The van der Waals surface area contributed by atoms with E-state index < -0.39 is 5.97 Å². The SMILES string of the molecule is O=C(CN1CSCC1=O)Oc1c(Cl)cc(Cl)cc1Cl. The fourth-order valence-electron chi connectivity index (χ4n) is 1.47. The lowest BCUT2D eigenvalue weighted by Crippen LogP contribution is -2.33. The summed E-state index contributed by atoms with van der Waals surface area (Å²) in [6.07, 6.45) is 0. The van der Waals surface area contributed by atoms with Crippen LogP contribution in [0.15, 0.2) is 12.1 Å². The van der Waals surface area contributed by atoms with Gasteiger partial charge in [-0.25, -0.2) is 4.79 Å². The van der Waals surface area contributed by atoms with Crippen molar-refractivity contribution in [3.05, 3.63) is 27.2 Å². The van der Waals surface area contributed by atoms with E-state index in [9.17, 15) is 9.59 Å². The molecule has 0 saturated carbocycles. The smallest absolute Gasteiger partial charge is 0.331 e. The molecule has 1 aromatic carbocycles. The number of esters is 1. The topological polar surface area (TPSA) is 46.6 Å². The minimum atomic E-state index is -0.595. The van der Waals surface area contributed by atoms with Crippen molar-refractivity contribution in [2.24, 2.45) is 0 Å². The molecule has 0 aliphatic carbocycles. The Balaban J connectivity index is 2.05. The zero-order chi connectivity index (χ0) is 14.0.